The Labute approximate surface area is 177 Å². The molecule has 4 rings (SSSR count). The van der Waals surface area contributed by atoms with Gasteiger partial charge in [-0.3, -0.25) is 4.79 Å². The molecule has 2 aromatic carbocycles. The standard InChI is InChI=1S/C24H27ClN2O2/c1-17-8-2-6-12-21(17)23-14-20(29-26-23)16-27(24(28)18-9-3-4-10-18)15-19-11-5-7-13-22(19)25/h2,5-8,11-13,18,20H,3-4,9-10,14-16H2,1H3/t20-/m0/s1. The summed E-state index contributed by atoms with van der Waals surface area (Å²) in [5.74, 6) is 0.339. The van der Waals surface area contributed by atoms with Crippen LogP contribution in [0.25, 0.3) is 0 Å². The fourth-order valence-electron chi connectivity index (χ4n) is 4.32. The van der Waals surface area contributed by atoms with E-state index in [9.17, 15) is 4.79 Å². The van der Waals surface area contributed by atoms with E-state index in [0.29, 0.717) is 24.5 Å². The van der Waals surface area contributed by atoms with Gasteiger partial charge in [-0.15, -0.1) is 0 Å². The first-order valence-corrected chi connectivity index (χ1v) is 10.8. The molecule has 1 aliphatic heterocycles. The van der Waals surface area contributed by atoms with Crippen molar-refractivity contribution < 1.29 is 9.63 Å². The highest BCUT2D eigenvalue weighted by atomic mass is 35.5. The minimum Gasteiger partial charge on any atom is -0.390 e. The molecule has 1 heterocycles. The summed E-state index contributed by atoms with van der Waals surface area (Å²) in [6, 6.07) is 15.9. The van der Waals surface area contributed by atoms with Crippen LogP contribution in [0.4, 0.5) is 0 Å². The van der Waals surface area contributed by atoms with Gasteiger partial charge in [0.15, 0.2) is 6.10 Å². The maximum absolute atomic E-state index is 13.2. The molecule has 5 heteroatoms. The molecule has 0 spiro atoms. The third kappa shape index (κ3) is 4.64. The average molecular weight is 411 g/mol. The monoisotopic (exact) mass is 410 g/mol. The van der Waals surface area contributed by atoms with Gasteiger partial charge in [0.1, 0.15) is 0 Å². The van der Waals surface area contributed by atoms with E-state index in [1.165, 1.54) is 5.56 Å². The third-order valence-corrected chi connectivity index (χ3v) is 6.32. The molecule has 152 valence electrons. The number of nitrogens with zero attached hydrogens (tertiary/aromatic N) is 2. The summed E-state index contributed by atoms with van der Waals surface area (Å²) in [6.07, 6.45) is 4.82. The van der Waals surface area contributed by atoms with Gasteiger partial charge in [0, 0.05) is 29.5 Å². The fraction of sp³-hybridized carbons (Fsp3) is 0.417. The van der Waals surface area contributed by atoms with E-state index in [1.807, 2.05) is 41.3 Å². The first-order valence-electron chi connectivity index (χ1n) is 10.4. The number of aryl methyl sites for hydroxylation is 1. The summed E-state index contributed by atoms with van der Waals surface area (Å²) in [4.78, 5) is 20.9. The molecule has 0 aromatic heterocycles. The van der Waals surface area contributed by atoms with Crippen molar-refractivity contribution >= 4 is 23.2 Å². The maximum atomic E-state index is 13.2. The highest BCUT2D eigenvalue weighted by Crippen LogP contribution is 2.29. The molecule has 2 aromatic rings. The molecule has 4 nitrogen and oxygen atoms in total. The Kier molecular flexibility index (Phi) is 6.19. The zero-order valence-electron chi connectivity index (χ0n) is 16.8. The molecular weight excluding hydrogens is 384 g/mol. The van der Waals surface area contributed by atoms with Gasteiger partial charge in [0.2, 0.25) is 5.91 Å². The van der Waals surface area contributed by atoms with Crippen LogP contribution < -0.4 is 0 Å². The largest absolute Gasteiger partial charge is 0.390 e. The number of hydrogen-bond acceptors (Lipinski definition) is 3. The summed E-state index contributed by atoms with van der Waals surface area (Å²) in [7, 11) is 0. The molecule has 2 aliphatic rings. The van der Waals surface area contributed by atoms with Crippen LogP contribution in [0.3, 0.4) is 0 Å². The van der Waals surface area contributed by atoms with Crippen LogP contribution in [0.15, 0.2) is 53.7 Å². The van der Waals surface area contributed by atoms with Crippen molar-refractivity contribution in [1.29, 1.82) is 0 Å². The minimum atomic E-state index is -0.127. The molecule has 0 saturated heterocycles. The van der Waals surface area contributed by atoms with E-state index >= 15 is 0 Å². The number of amides is 1. The highest BCUT2D eigenvalue weighted by Gasteiger charge is 2.32. The van der Waals surface area contributed by atoms with Crippen LogP contribution in [0.2, 0.25) is 5.02 Å². The predicted molar refractivity (Wildman–Crippen MR) is 116 cm³/mol. The fourth-order valence-corrected chi connectivity index (χ4v) is 4.52. The van der Waals surface area contributed by atoms with Gasteiger partial charge in [-0.05, 0) is 37.0 Å². The molecule has 29 heavy (non-hydrogen) atoms. The SMILES string of the molecule is Cc1ccccc1C1=NO[C@H](CN(Cc2ccccc2Cl)C(=O)C2CCCC2)C1. The van der Waals surface area contributed by atoms with E-state index in [-0.39, 0.29) is 17.9 Å². The summed E-state index contributed by atoms with van der Waals surface area (Å²) < 4.78 is 0. The van der Waals surface area contributed by atoms with E-state index in [0.717, 1.165) is 42.5 Å². The number of rotatable bonds is 6. The Morgan fingerprint density at radius 1 is 1.14 bits per heavy atom. The quantitative estimate of drug-likeness (QED) is 0.643. The smallest absolute Gasteiger partial charge is 0.226 e. The lowest BCUT2D eigenvalue weighted by Gasteiger charge is -2.28. The lowest BCUT2D eigenvalue weighted by atomic mass is 9.99. The van der Waals surface area contributed by atoms with Gasteiger partial charge < -0.3 is 9.74 Å². The number of carbonyl (C=O) groups is 1. The van der Waals surface area contributed by atoms with Crippen molar-refractivity contribution in [3.05, 3.63) is 70.2 Å². The Hall–Kier alpha value is -2.33. The van der Waals surface area contributed by atoms with Gasteiger partial charge in [0.05, 0.1) is 12.3 Å². The summed E-state index contributed by atoms with van der Waals surface area (Å²) >= 11 is 6.38. The molecule has 0 unspecified atom stereocenters. The number of oxime groups is 1. The van der Waals surface area contributed by atoms with Crippen LogP contribution in [0.5, 0.6) is 0 Å². The van der Waals surface area contributed by atoms with Crippen LogP contribution in [-0.2, 0) is 16.2 Å². The molecule has 0 N–H and O–H groups in total. The summed E-state index contributed by atoms with van der Waals surface area (Å²) in [6.45, 7) is 3.12. The summed E-state index contributed by atoms with van der Waals surface area (Å²) in [5, 5.41) is 5.03. The number of halogens is 1. The molecule has 1 amide bonds. The second kappa shape index (κ2) is 9.00. The van der Waals surface area contributed by atoms with Crippen molar-refractivity contribution in [2.75, 3.05) is 6.54 Å². The zero-order valence-corrected chi connectivity index (χ0v) is 17.6. The Morgan fingerprint density at radius 2 is 1.86 bits per heavy atom. The van der Waals surface area contributed by atoms with E-state index < -0.39 is 0 Å². The van der Waals surface area contributed by atoms with E-state index in [4.69, 9.17) is 16.4 Å². The van der Waals surface area contributed by atoms with Crippen molar-refractivity contribution in [3.63, 3.8) is 0 Å². The Morgan fingerprint density at radius 3 is 2.62 bits per heavy atom. The number of hydrogen-bond donors (Lipinski definition) is 0. The van der Waals surface area contributed by atoms with Crippen LogP contribution in [-0.4, -0.2) is 29.2 Å². The van der Waals surface area contributed by atoms with Gasteiger partial charge in [-0.2, -0.15) is 0 Å². The topological polar surface area (TPSA) is 41.9 Å². The van der Waals surface area contributed by atoms with Crippen molar-refractivity contribution in [2.24, 2.45) is 11.1 Å². The molecule has 1 saturated carbocycles. The first kappa shape index (κ1) is 20.0. The van der Waals surface area contributed by atoms with E-state index in [1.54, 1.807) is 0 Å². The Balaban J connectivity index is 1.48. The molecule has 0 bridgehead atoms. The molecule has 1 aliphatic carbocycles. The maximum Gasteiger partial charge on any atom is 0.226 e. The number of benzene rings is 2. The molecular formula is C24H27ClN2O2. The summed E-state index contributed by atoms with van der Waals surface area (Å²) in [5.41, 5.74) is 4.23. The molecule has 1 atom stereocenters. The zero-order chi connectivity index (χ0) is 20.2. The van der Waals surface area contributed by atoms with Crippen LogP contribution >= 0.6 is 11.6 Å². The second-order valence-corrected chi connectivity index (χ2v) is 8.48. The average Bonchev–Trinajstić information content (AvgIpc) is 3.41. The van der Waals surface area contributed by atoms with Gasteiger partial charge >= 0.3 is 0 Å². The van der Waals surface area contributed by atoms with Gasteiger partial charge in [0.25, 0.3) is 0 Å². The first-order chi connectivity index (χ1) is 14.1. The lowest BCUT2D eigenvalue weighted by molar-refractivity contribution is -0.137. The highest BCUT2D eigenvalue weighted by molar-refractivity contribution is 6.31. The predicted octanol–water partition coefficient (Wildman–Crippen LogP) is 5.36. The normalized spacial score (nSPS) is 19.1. The van der Waals surface area contributed by atoms with Gasteiger partial charge in [-0.1, -0.05) is 72.1 Å². The van der Waals surface area contributed by atoms with Crippen molar-refractivity contribution in [1.82, 2.24) is 4.90 Å². The minimum absolute atomic E-state index is 0.121. The molecule has 1 fully saturated rings. The van der Waals surface area contributed by atoms with Crippen LogP contribution in [0.1, 0.15) is 48.8 Å². The van der Waals surface area contributed by atoms with Crippen LogP contribution in [0, 0.1) is 12.8 Å². The van der Waals surface area contributed by atoms with Gasteiger partial charge in [-0.25, -0.2) is 0 Å². The Bertz CT molecular complexity index is 905. The second-order valence-electron chi connectivity index (χ2n) is 8.08. The lowest BCUT2D eigenvalue weighted by Crippen LogP contribution is -2.40. The van der Waals surface area contributed by atoms with Crippen molar-refractivity contribution in [2.45, 2.75) is 51.7 Å². The third-order valence-electron chi connectivity index (χ3n) is 5.95. The van der Waals surface area contributed by atoms with Crippen molar-refractivity contribution in [3.8, 4) is 0 Å². The van der Waals surface area contributed by atoms with E-state index in [2.05, 4.69) is 24.2 Å². The molecule has 0 radical (unpaired) electrons. The number of carbonyl (C=O) groups excluding carboxylic acids is 1.